The molecule has 3 aliphatic rings. The number of hydrogen-bond donors (Lipinski definition) is 3. The maximum atomic E-state index is 13.6. The van der Waals surface area contributed by atoms with Crippen molar-refractivity contribution >= 4 is 41.0 Å². The van der Waals surface area contributed by atoms with E-state index in [1.807, 2.05) is 11.0 Å². The zero-order chi connectivity index (χ0) is 27.8. The number of amides is 1. The van der Waals surface area contributed by atoms with Crippen molar-refractivity contribution in [3.8, 4) is 0 Å². The molecule has 2 aromatic rings. The van der Waals surface area contributed by atoms with Gasteiger partial charge in [0, 0.05) is 67.6 Å². The summed E-state index contributed by atoms with van der Waals surface area (Å²) in [4.78, 5) is 26.0. The van der Waals surface area contributed by atoms with Gasteiger partial charge in [-0.1, -0.05) is 11.9 Å². The van der Waals surface area contributed by atoms with Crippen molar-refractivity contribution in [1.29, 1.82) is 0 Å². The van der Waals surface area contributed by atoms with Crippen LogP contribution in [0.15, 0.2) is 24.3 Å². The third-order valence-corrected chi connectivity index (χ3v) is 8.60. The van der Waals surface area contributed by atoms with Gasteiger partial charge in [0.05, 0.1) is 17.9 Å². The zero-order valence-electron chi connectivity index (χ0n) is 21.6. The highest BCUT2D eigenvalue weighted by atomic mass is 32.2. The van der Waals surface area contributed by atoms with Crippen LogP contribution in [0.1, 0.15) is 41.7 Å². The predicted molar refractivity (Wildman–Crippen MR) is 144 cm³/mol. The first-order valence-corrected chi connectivity index (χ1v) is 14.0. The Morgan fingerprint density at radius 3 is 2.59 bits per heavy atom. The van der Waals surface area contributed by atoms with E-state index in [4.69, 9.17) is 5.11 Å². The molecule has 39 heavy (non-hydrogen) atoms. The van der Waals surface area contributed by atoms with Gasteiger partial charge in [-0.2, -0.15) is 4.98 Å². The summed E-state index contributed by atoms with van der Waals surface area (Å²) in [5.41, 5.74) is 1.40. The van der Waals surface area contributed by atoms with Gasteiger partial charge < -0.3 is 24.9 Å². The third-order valence-electron chi connectivity index (χ3n) is 7.83. The summed E-state index contributed by atoms with van der Waals surface area (Å²) in [6.07, 6.45) is -2.07. The second-order valence-electron chi connectivity index (χ2n) is 10.5. The van der Waals surface area contributed by atoms with E-state index in [0.29, 0.717) is 48.6 Å². The smallest absolute Gasteiger partial charge is 0.258 e. The Balaban J connectivity index is 1.36. The van der Waals surface area contributed by atoms with Crippen LogP contribution >= 0.6 is 11.9 Å². The Hall–Kier alpha value is -2.80. The fourth-order valence-electron chi connectivity index (χ4n) is 5.45. The lowest BCUT2D eigenvalue weighted by atomic mass is 9.95. The van der Waals surface area contributed by atoms with Crippen molar-refractivity contribution in [2.45, 2.75) is 45.0 Å². The molecular weight excluding hydrogens is 536 g/mol. The van der Waals surface area contributed by atoms with Crippen molar-refractivity contribution in [1.82, 2.24) is 9.97 Å². The topological polar surface area (TPSA) is 93.6 Å². The van der Waals surface area contributed by atoms with Gasteiger partial charge in [-0.05, 0) is 43.9 Å². The van der Waals surface area contributed by atoms with Crippen LogP contribution in [0, 0.1) is 18.3 Å². The first-order valence-electron chi connectivity index (χ1n) is 13.1. The minimum atomic E-state index is -2.70. The highest BCUT2D eigenvalue weighted by Gasteiger charge is 2.62. The van der Waals surface area contributed by atoms with E-state index >= 15 is 0 Å². The second kappa shape index (κ2) is 11.0. The molecule has 2 unspecified atom stereocenters. The fourth-order valence-corrected chi connectivity index (χ4v) is 5.94. The second-order valence-corrected chi connectivity index (χ2v) is 11.4. The van der Waals surface area contributed by atoms with Gasteiger partial charge in [-0.15, -0.1) is 0 Å². The van der Waals surface area contributed by atoms with Crippen LogP contribution in [0.4, 0.5) is 40.7 Å². The highest BCUT2D eigenvalue weighted by Crippen LogP contribution is 2.61. The molecule has 0 radical (unpaired) electrons. The van der Waals surface area contributed by atoms with Crippen LogP contribution in [0.25, 0.3) is 0 Å². The van der Waals surface area contributed by atoms with Crippen LogP contribution in [-0.2, 0) is 0 Å². The monoisotopic (exact) mass is 568 g/mol. The molecule has 2 atom stereocenters. The van der Waals surface area contributed by atoms with E-state index in [1.54, 1.807) is 30.0 Å². The number of piperidine rings is 2. The van der Waals surface area contributed by atoms with E-state index in [0.717, 1.165) is 5.69 Å². The van der Waals surface area contributed by atoms with Crippen LogP contribution < -0.4 is 19.8 Å². The molecule has 1 amide bonds. The number of aliphatic hydroxyl groups excluding tert-OH is 1. The Bertz CT molecular complexity index is 1210. The molecule has 3 heterocycles. The first kappa shape index (κ1) is 27.8. The Kier molecular flexibility index (Phi) is 7.82. The number of alkyl halides is 4. The van der Waals surface area contributed by atoms with E-state index in [-0.39, 0.29) is 50.2 Å². The normalized spacial score (nSPS) is 23.9. The maximum absolute atomic E-state index is 13.6. The number of rotatable bonds is 9. The number of fused-ring (bicyclic) bond motifs is 1. The summed E-state index contributed by atoms with van der Waals surface area (Å²) >= 11 is 1.32. The Morgan fingerprint density at radius 1 is 1.15 bits per heavy atom. The van der Waals surface area contributed by atoms with Crippen molar-refractivity contribution in [3.63, 3.8) is 0 Å². The minimum Gasteiger partial charge on any atom is -0.395 e. The molecule has 2 saturated heterocycles. The average Bonchev–Trinajstić information content (AvgIpc) is 3.64. The summed E-state index contributed by atoms with van der Waals surface area (Å²) < 4.78 is 57.7. The molecule has 13 heteroatoms. The Morgan fingerprint density at radius 2 is 1.90 bits per heavy atom. The van der Waals surface area contributed by atoms with Crippen molar-refractivity contribution in [2.75, 3.05) is 58.4 Å². The largest absolute Gasteiger partial charge is 0.395 e. The number of aliphatic hydroxyl groups is 1. The van der Waals surface area contributed by atoms with Crippen LogP contribution in [0.5, 0.6) is 0 Å². The average molecular weight is 569 g/mol. The van der Waals surface area contributed by atoms with Gasteiger partial charge in [0.25, 0.3) is 11.8 Å². The number of carbonyl (C=O) groups excluding carboxylic acids is 1. The lowest BCUT2D eigenvalue weighted by Gasteiger charge is -2.34. The third kappa shape index (κ3) is 6.03. The maximum Gasteiger partial charge on any atom is 0.258 e. The molecule has 0 spiro atoms. The summed E-state index contributed by atoms with van der Waals surface area (Å²) in [5, 5.41) is 11.9. The van der Waals surface area contributed by atoms with E-state index in [9.17, 15) is 22.4 Å². The van der Waals surface area contributed by atoms with E-state index in [2.05, 4.69) is 20.0 Å². The lowest BCUT2D eigenvalue weighted by Crippen LogP contribution is -2.40. The van der Waals surface area contributed by atoms with Crippen molar-refractivity contribution < 1.29 is 27.5 Å². The molecule has 5 rings (SSSR count). The van der Waals surface area contributed by atoms with Crippen LogP contribution in [0.3, 0.4) is 0 Å². The quantitative estimate of drug-likeness (QED) is 0.226. The molecule has 8 nitrogen and oxygen atoms in total. The molecule has 1 aromatic carbocycles. The summed E-state index contributed by atoms with van der Waals surface area (Å²) in [7, 11) is 0. The fraction of sp³-hybridized carbons (Fsp3) is 0.577. The van der Waals surface area contributed by atoms with Gasteiger partial charge in [0.1, 0.15) is 5.82 Å². The number of nitrogens with zero attached hydrogens (tertiary/aromatic N) is 4. The van der Waals surface area contributed by atoms with Crippen molar-refractivity contribution in [3.05, 3.63) is 35.5 Å². The van der Waals surface area contributed by atoms with Crippen LogP contribution in [-0.4, -0.2) is 71.9 Å². The SMILES string of the molecule is Cc1cc(NC(=O)c2ccc(NSCCO)cc2N2CCC3(C(F)F)CC3C2)nc(N2CCC(F)(F)CC2)n1. The molecule has 1 aromatic heterocycles. The van der Waals surface area contributed by atoms with E-state index < -0.39 is 23.7 Å². The molecule has 1 saturated carbocycles. The molecule has 0 bridgehead atoms. The standard InChI is InChI=1S/C26H32F4N6O2S/c1-16-12-21(33-24(31-16)35-8-5-26(29,30)6-9-35)32-22(38)19-3-2-18(34-39-11-10-37)13-20(19)36-7-4-25(23(27)28)14-17(25)15-36/h2-3,12-13,17,23,34,37H,4-11,14-15H2,1H3,(H,31,32,33,38). The molecule has 212 valence electrons. The summed E-state index contributed by atoms with van der Waals surface area (Å²) in [6.45, 7) is 2.83. The lowest BCUT2D eigenvalue weighted by molar-refractivity contribution is -0.0222. The van der Waals surface area contributed by atoms with Gasteiger partial charge >= 0.3 is 0 Å². The van der Waals surface area contributed by atoms with Gasteiger partial charge in [-0.25, -0.2) is 22.5 Å². The highest BCUT2D eigenvalue weighted by molar-refractivity contribution is 8.00. The van der Waals surface area contributed by atoms with Gasteiger partial charge in [0.15, 0.2) is 0 Å². The first-order chi connectivity index (χ1) is 18.6. The number of halogens is 4. The number of anilines is 4. The van der Waals surface area contributed by atoms with E-state index in [1.165, 1.54) is 11.9 Å². The number of aromatic nitrogens is 2. The van der Waals surface area contributed by atoms with Crippen LogP contribution in [0.2, 0.25) is 0 Å². The molecule has 2 aliphatic heterocycles. The number of hydrogen-bond acceptors (Lipinski definition) is 8. The Labute approximate surface area is 228 Å². The van der Waals surface area contributed by atoms with Gasteiger partial charge in [0.2, 0.25) is 12.4 Å². The van der Waals surface area contributed by atoms with Crippen molar-refractivity contribution in [2.24, 2.45) is 11.3 Å². The minimum absolute atomic E-state index is 0.00865. The number of nitrogens with one attached hydrogen (secondary N) is 2. The summed E-state index contributed by atoms with van der Waals surface area (Å²) in [6, 6.07) is 6.86. The number of aryl methyl sites for hydroxylation is 1. The van der Waals surface area contributed by atoms with Gasteiger partial charge in [-0.3, -0.25) is 4.79 Å². The molecule has 3 N–H and O–H groups in total. The molecule has 3 fully saturated rings. The number of benzene rings is 1. The molecular formula is C26H32F4N6O2S. The zero-order valence-corrected chi connectivity index (χ0v) is 22.4. The molecule has 1 aliphatic carbocycles. The number of carbonyl (C=O) groups is 1. The summed E-state index contributed by atoms with van der Waals surface area (Å²) in [5.74, 6) is -2.22. The predicted octanol–water partition coefficient (Wildman–Crippen LogP) is 4.81.